The molecule has 2 saturated heterocycles. The van der Waals surface area contributed by atoms with Crippen LogP contribution in [0.25, 0.3) is 0 Å². The summed E-state index contributed by atoms with van der Waals surface area (Å²) in [5.41, 5.74) is 3.95. The second kappa shape index (κ2) is 14.6. The summed E-state index contributed by atoms with van der Waals surface area (Å²) in [6, 6.07) is 32.5. The van der Waals surface area contributed by atoms with Crippen LogP contribution in [-0.2, 0) is 20.3 Å². The summed E-state index contributed by atoms with van der Waals surface area (Å²) in [4.78, 5) is 5.93. The average molecular weight is 682 g/mol. The number of epoxide rings is 2. The lowest BCUT2D eigenvalue weighted by Crippen LogP contribution is -2.38. The van der Waals surface area contributed by atoms with E-state index < -0.39 is 6.23 Å². The zero-order chi connectivity index (χ0) is 35.5. The van der Waals surface area contributed by atoms with E-state index in [0.29, 0.717) is 24.2 Å². The molecule has 2 fully saturated rings. The summed E-state index contributed by atoms with van der Waals surface area (Å²) in [6.07, 6.45) is 0.459. The van der Waals surface area contributed by atoms with Gasteiger partial charge in [0.25, 0.3) is 0 Å². The highest BCUT2D eigenvalue weighted by molar-refractivity contribution is 5.43. The van der Waals surface area contributed by atoms with E-state index in [0.717, 1.165) is 42.3 Å². The van der Waals surface area contributed by atoms with Gasteiger partial charge < -0.3 is 33.6 Å². The third-order valence-corrected chi connectivity index (χ3v) is 9.73. The molecule has 8 nitrogen and oxygen atoms in total. The fourth-order valence-corrected chi connectivity index (χ4v) is 6.09. The maximum Gasteiger partial charge on any atom is 0.174 e. The Bertz CT molecular complexity index is 1670. The molecule has 0 aromatic heterocycles. The van der Waals surface area contributed by atoms with Crippen LogP contribution in [0.4, 0.5) is 0 Å². The van der Waals surface area contributed by atoms with Crippen LogP contribution in [0.15, 0.2) is 97.1 Å². The number of hydrogen-bond acceptors (Lipinski definition) is 8. The van der Waals surface area contributed by atoms with Crippen LogP contribution in [-0.4, -0.2) is 67.7 Å². The van der Waals surface area contributed by atoms with Gasteiger partial charge in [-0.15, -0.1) is 5.06 Å². The van der Waals surface area contributed by atoms with Gasteiger partial charge in [0.2, 0.25) is 0 Å². The van der Waals surface area contributed by atoms with Gasteiger partial charge in [0, 0.05) is 24.3 Å². The van der Waals surface area contributed by atoms with Gasteiger partial charge in [-0.1, -0.05) is 76.2 Å². The molecule has 3 atom stereocenters. The first-order chi connectivity index (χ1) is 23.8. The highest BCUT2D eigenvalue weighted by Gasteiger charge is 2.33. The van der Waals surface area contributed by atoms with Gasteiger partial charge in [0.15, 0.2) is 6.23 Å². The maximum absolute atomic E-state index is 10.8. The van der Waals surface area contributed by atoms with Crippen molar-refractivity contribution in [2.24, 2.45) is 0 Å². The minimum atomic E-state index is -0.975. The number of aliphatic hydroxyl groups excluding tert-OH is 1. The Hall–Kier alpha value is -4.08. The van der Waals surface area contributed by atoms with Crippen LogP contribution in [0.2, 0.25) is 0 Å². The number of nitrogens with zero attached hydrogens (tertiary/aromatic N) is 1. The van der Waals surface area contributed by atoms with Crippen LogP contribution >= 0.6 is 0 Å². The monoisotopic (exact) mass is 681 g/mol. The second-order valence-corrected chi connectivity index (χ2v) is 15.1. The molecular weight excluding hydrogens is 630 g/mol. The van der Waals surface area contributed by atoms with Gasteiger partial charge in [-0.25, -0.2) is 0 Å². The molecule has 0 bridgehead atoms. The molecule has 50 heavy (non-hydrogen) atoms. The standard InChI is InChI=1S/C42H51NO7/c1-40(2,24-37-25-46-37)49-35-20-12-31(13-21-35)41(3,4)30-10-18-34(19-11-30)48-28-39(44)43(7)50-36-22-14-32(15-23-36)42(5,6)29-8-16-33(17-9-29)45-26-38-27-47-38/h8-23,37-39,44H,24-28H2,1-7H3. The number of aliphatic hydroxyl groups is 1. The third-order valence-electron chi connectivity index (χ3n) is 9.73. The summed E-state index contributed by atoms with van der Waals surface area (Å²) in [5, 5.41) is 12.2. The normalized spacial score (nSPS) is 18.0. The Morgan fingerprint density at radius 1 is 0.620 bits per heavy atom. The molecule has 3 unspecified atom stereocenters. The van der Waals surface area contributed by atoms with Crippen LogP contribution in [0.5, 0.6) is 23.0 Å². The fourth-order valence-electron chi connectivity index (χ4n) is 6.09. The molecule has 2 heterocycles. The highest BCUT2D eigenvalue weighted by atomic mass is 16.7. The predicted octanol–water partition coefficient (Wildman–Crippen LogP) is 7.69. The number of hydrogen-bond donors (Lipinski definition) is 1. The van der Waals surface area contributed by atoms with Crippen molar-refractivity contribution in [3.63, 3.8) is 0 Å². The van der Waals surface area contributed by atoms with Crippen molar-refractivity contribution in [3.8, 4) is 23.0 Å². The molecule has 0 spiro atoms. The van der Waals surface area contributed by atoms with Crippen molar-refractivity contribution in [2.45, 2.75) is 82.8 Å². The summed E-state index contributed by atoms with van der Waals surface area (Å²) in [5.74, 6) is 3.00. The SMILES string of the molecule is CN(Oc1ccc(C(C)(C)c2ccc(OCC3CO3)cc2)cc1)C(O)COc1ccc(C(C)(C)c2ccc(OC(C)(C)CC3CO3)cc2)cc1. The molecule has 6 rings (SSSR count). The second-order valence-electron chi connectivity index (χ2n) is 15.1. The Labute approximate surface area is 296 Å². The highest BCUT2D eigenvalue weighted by Crippen LogP contribution is 2.36. The van der Waals surface area contributed by atoms with E-state index in [-0.39, 0.29) is 29.1 Å². The quantitative estimate of drug-likeness (QED) is 0.0690. The molecule has 0 saturated carbocycles. The Kier molecular flexibility index (Phi) is 10.5. The van der Waals surface area contributed by atoms with Crippen LogP contribution in [0.3, 0.4) is 0 Å². The molecule has 2 aliphatic heterocycles. The van der Waals surface area contributed by atoms with Gasteiger partial charge >= 0.3 is 0 Å². The Morgan fingerprint density at radius 2 is 1.02 bits per heavy atom. The van der Waals surface area contributed by atoms with E-state index in [2.05, 4.69) is 90.1 Å². The molecule has 266 valence electrons. The van der Waals surface area contributed by atoms with Gasteiger partial charge in [-0.2, -0.15) is 0 Å². The minimum Gasteiger partial charge on any atom is -0.491 e. The van der Waals surface area contributed by atoms with Crippen molar-refractivity contribution >= 4 is 0 Å². The maximum atomic E-state index is 10.8. The number of rotatable bonds is 17. The number of likely N-dealkylation sites (N-methyl/N-ethyl adjacent to an activating group) is 1. The van der Waals surface area contributed by atoms with Gasteiger partial charge in [0.05, 0.1) is 19.3 Å². The van der Waals surface area contributed by atoms with Gasteiger partial charge in [-0.3, -0.25) is 0 Å². The number of benzene rings is 4. The van der Waals surface area contributed by atoms with Crippen molar-refractivity contribution in [2.75, 3.05) is 33.5 Å². The number of ether oxygens (including phenoxy) is 5. The molecule has 0 amide bonds. The average Bonchev–Trinajstić information content (AvgIpc) is 4.04. The molecule has 0 aliphatic carbocycles. The Balaban J connectivity index is 0.975. The van der Waals surface area contributed by atoms with E-state index in [1.54, 1.807) is 7.05 Å². The molecule has 8 heteroatoms. The summed E-state index contributed by atoms with van der Waals surface area (Å²) in [6.45, 7) is 15.2. The summed E-state index contributed by atoms with van der Waals surface area (Å²) >= 11 is 0. The Morgan fingerprint density at radius 3 is 1.46 bits per heavy atom. The first-order valence-corrected chi connectivity index (χ1v) is 17.5. The lowest BCUT2D eigenvalue weighted by atomic mass is 9.78. The first kappa shape index (κ1) is 35.7. The third kappa shape index (κ3) is 9.17. The number of hydroxylamine groups is 2. The smallest absolute Gasteiger partial charge is 0.174 e. The molecule has 0 radical (unpaired) electrons. The molecule has 4 aromatic rings. The van der Waals surface area contributed by atoms with Crippen LogP contribution in [0.1, 0.15) is 70.2 Å². The minimum absolute atomic E-state index is 0.0441. The molecule has 2 aliphatic rings. The molecular formula is C42H51NO7. The zero-order valence-corrected chi connectivity index (χ0v) is 30.3. The van der Waals surface area contributed by atoms with Crippen molar-refractivity contribution in [3.05, 3.63) is 119 Å². The first-order valence-electron chi connectivity index (χ1n) is 17.5. The van der Waals surface area contributed by atoms with Crippen molar-refractivity contribution < 1.29 is 33.6 Å². The molecule has 4 aromatic carbocycles. The van der Waals surface area contributed by atoms with Crippen molar-refractivity contribution in [1.82, 2.24) is 5.06 Å². The topological polar surface area (TPSA) is 85.5 Å². The van der Waals surface area contributed by atoms with E-state index in [1.807, 2.05) is 48.5 Å². The largest absolute Gasteiger partial charge is 0.491 e. The van der Waals surface area contributed by atoms with E-state index in [9.17, 15) is 5.11 Å². The van der Waals surface area contributed by atoms with Gasteiger partial charge in [-0.05, 0) is 84.6 Å². The van der Waals surface area contributed by atoms with Crippen LogP contribution < -0.4 is 19.0 Å². The van der Waals surface area contributed by atoms with Crippen LogP contribution in [0, 0.1) is 0 Å². The predicted molar refractivity (Wildman–Crippen MR) is 194 cm³/mol. The lowest BCUT2D eigenvalue weighted by molar-refractivity contribution is -0.163. The van der Waals surface area contributed by atoms with E-state index in [4.69, 9.17) is 28.5 Å². The van der Waals surface area contributed by atoms with E-state index in [1.165, 1.54) is 16.2 Å². The summed E-state index contributed by atoms with van der Waals surface area (Å²) in [7, 11) is 1.69. The zero-order valence-electron chi connectivity index (χ0n) is 30.3. The summed E-state index contributed by atoms with van der Waals surface area (Å²) < 4.78 is 28.6. The lowest BCUT2D eigenvalue weighted by Gasteiger charge is -2.28. The molecule has 1 N–H and O–H groups in total. The van der Waals surface area contributed by atoms with Crippen molar-refractivity contribution in [1.29, 1.82) is 0 Å². The van der Waals surface area contributed by atoms with E-state index >= 15 is 0 Å². The fraction of sp³-hybridized carbons (Fsp3) is 0.429. The van der Waals surface area contributed by atoms with Gasteiger partial charge in [0.1, 0.15) is 47.9 Å².